The number of nitrogens with two attached hydrogens (primary N) is 1. The fraction of sp³-hybridized carbons (Fsp3) is 0.667. The summed E-state index contributed by atoms with van der Waals surface area (Å²) in [6.07, 6.45) is 4.31. The van der Waals surface area contributed by atoms with Gasteiger partial charge >= 0.3 is 5.97 Å². The summed E-state index contributed by atoms with van der Waals surface area (Å²) in [5.74, 6) is -1.85. The molecule has 0 spiro atoms. The normalized spacial score (nSPS) is 40.6. The molecule has 2 rings (SSSR count). The molecule has 0 aromatic heterocycles. The number of methoxy groups -OCH3 is 1. The van der Waals surface area contributed by atoms with Crippen LogP contribution in [-0.2, 0) is 19.1 Å². The third-order valence-electron chi connectivity index (χ3n) is 4.98. The number of fused-ring (bicyclic) bond motifs is 1. The lowest BCUT2D eigenvalue weighted by Gasteiger charge is -2.52. The molecule has 2 aliphatic rings. The highest BCUT2D eigenvalue weighted by atomic mass is 16.5. The molecule has 0 aromatic rings. The Morgan fingerprint density at radius 2 is 2.20 bits per heavy atom. The van der Waals surface area contributed by atoms with Crippen molar-refractivity contribution in [2.24, 2.45) is 29.4 Å². The summed E-state index contributed by atoms with van der Waals surface area (Å²) in [6, 6.07) is 0. The van der Waals surface area contributed by atoms with Gasteiger partial charge in [-0.15, -0.1) is 6.58 Å². The lowest BCUT2D eigenvalue weighted by molar-refractivity contribution is -0.156. The summed E-state index contributed by atoms with van der Waals surface area (Å²) in [5.41, 5.74) is 5.56. The smallest absolute Gasteiger partial charge is 0.310 e. The van der Waals surface area contributed by atoms with E-state index >= 15 is 0 Å². The summed E-state index contributed by atoms with van der Waals surface area (Å²) in [5, 5.41) is 0. The van der Waals surface area contributed by atoms with Gasteiger partial charge in [-0.3, -0.25) is 9.59 Å². The van der Waals surface area contributed by atoms with Crippen molar-refractivity contribution >= 4 is 18.0 Å². The number of rotatable bonds is 3. The SMILES string of the molecule is C=C[C@H]1[C@H](C=O)CC[C@]2(N)[C@@H]1C(=O)CC[C@H]2C(=O)OC. The molecule has 20 heavy (non-hydrogen) atoms. The van der Waals surface area contributed by atoms with Crippen LogP contribution in [-0.4, -0.2) is 30.7 Å². The number of carbonyl (C=O) groups excluding carboxylic acids is 3. The molecule has 0 aromatic carbocycles. The summed E-state index contributed by atoms with van der Waals surface area (Å²) in [6.45, 7) is 3.75. The number of esters is 1. The lowest BCUT2D eigenvalue weighted by atomic mass is 9.54. The quantitative estimate of drug-likeness (QED) is 0.470. The van der Waals surface area contributed by atoms with E-state index in [4.69, 9.17) is 10.5 Å². The van der Waals surface area contributed by atoms with Gasteiger partial charge in [0, 0.05) is 23.8 Å². The van der Waals surface area contributed by atoms with Gasteiger partial charge in [0.25, 0.3) is 0 Å². The number of Topliss-reactive ketones (excluding diaryl/α,β-unsaturated/α-hetero) is 1. The van der Waals surface area contributed by atoms with E-state index in [0.29, 0.717) is 25.7 Å². The Labute approximate surface area is 118 Å². The monoisotopic (exact) mass is 279 g/mol. The second kappa shape index (κ2) is 5.48. The molecule has 5 heteroatoms. The van der Waals surface area contributed by atoms with E-state index in [1.807, 2.05) is 0 Å². The molecule has 0 unspecified atom stereocenters. The topological polar surface area (TPSA) is 86.5 Å². The molecule has 0 heterocycles. The molecule has 0 bridgehead atoms. The Hall–Kier alpha value is -1.49. The molecular formula is C15H21NO4. The van der Waals surface area contributed by atoms with Gasteiger partial charge in [-0.2, -0.15) is 0 Å². The van der Waals surface area contributed by atoms with Gasteiger partial charge in [-0.25, -0.2) is 0 Å². The first-order valence-corrected chi connectivity index (χ1v) is 6.96. The van der Waals surface area contributed by atoms with Crippen molar-refractivity contribution in [1.29, 1.82) is 0 Å². The first-order valence-electron chi connectivity index (χ1n) is 6.96. The summed E-state index contributed by atoms with van der Waals surface area (Å²) < 4.78 is 4.84. The first kappa shape index (κ1) is 14.9. The van der Waals surface area contributed by atoms with Crippen molar-refractivity contribution in [1.82, 2.24) is 0 Å². The van der Waals surface area contributed by atoms with Crippen molar-refractivity contribution < 1.29 is 19.1 Å². The average molecular weight is 279 g/mol. The third kappa shape index (κ3) is 2.10. The van der Waals surface area contributed by atoms with Crippen molar-refractivity contribution in [3.05, 3.63) is 12.7 Å². The zero-order valence-corrected chi connectivity index (χ0v) is 11.7. The van der Waals surface area contributed by atoms with Gasteiger partial charge in [-0.1, -0.05) is 6.08 Å². The first-order chi connectivity index (χ1) is 9.49. The van der Waals surface area contributed by atoms with Crippen LogP contribution in [0.2, 0.25) is 0 Å². The number of ether oxygens (including phenoxy) is 1. The molecule has 2 saturated carbocycles. The second-order valence-corrected chi connectivity index (χ2v) is 5.82. The number of hydrogen-bond acceptors (Lipinski definition) is 5. The minimum atomic E-state index is -0.916. The van der Waals surface area contributed by atoms with Crippen molar-refractivity contribution in [2.75, 3.05) is 7.11 Å². The minimum Gasteiger partial charge on any atom is -0.469 e. The van der Waals surface area contributed by atoms with E-state index in [0.717, 1.165) is 6.29 Å². The maximum absolute atomic E-state index is 12.3. The van der Waals surface area contributed by atoms with Gasteiger partial charge in [0.1, 0.15) is 12.1 Å². The van der Waals surface area contributed by atoms with Gasteiger partial charge in [-0.05, 0) is 25.2 Å². The molecular weight excluding hydrogens is 258 g/mol. The van der Waals surface area contributed by atoms with Crippen molar-refractivity contribution in [3.8, 4) is 0 Å². The van der Waals surface area contributed by atoms with Gasteiger partial charge in [0.2, 0.25) is 0 Å². The van der Waals surface area contributed by atoms with Gasteiger partial charge in [0.15, 0.2) is 0 Å². The van der Waals surface area contributed by atoms with E-state index in [-0.39, 0.29) is 23.6 Å². The molecule has 5 atom stereocenters. The van der Waals surface area contributed by atoms with E-state index in [2.05, 4.69) is 6.58 Å². The van der Waals surface area contributed by atoms with Crippen LogP contribution in [0.5, 0.6) is 0 Å². The molecule has 2 aliphatic carbocycles. The largest absolute Gasteiger partial charge is 0.469 e. The van der Waals surface area contributed by atoms with Crippen LogP contribution in [0.4, 0.5) is 0 Å². The van der Waals surface area contributed by atoms with Crippen molar-refractivity contribution in [3.63, 3.8) is 0 Å². The minimum absolute atomic E-state index is 0.0316. The molecule has 0 radical (unpaired) electrons. The highest BCUT2D eigenvalue weighted by Crippen LogP contribution is 2.49. The molecule has 110 valence electrons. The van der Waals surface area contributed by atoms with E-state index < -0.39 is 17.4 Å². The third-order valence-corrected chi connectivity index (χ3v) is 4.98. The van der Waals surface area contributed by atoms with E-state index in [1.54, 1.807) is 6.08 Å². The van der Waals surface area contributed by atoms with Crippen LogP contribution in [0.25, 0.3) is 0 Å². The summed E-state index contributed by atoms with van der Waals surface area (Å²) >= 11 is 0. The van der Waals surface area contributed by atoms with Crippen LogP contribution in [0.15, 0.2) is 12.7 Å². The number of aldehydes is 1. The highest BCUT2D eigenvalue weighted by molar-refractivity contribution is 5.88. The number of hydrogen-bond donors (Lipinski definition) is 1. The fourth-order valence-electron chi connectivity index (χ4n) is 3.94. The van der Waals surface area contributed by atoms with Crippen LogP contribution >= 0.6 is 0 Å². The summed E-state index contributed by atoms with van der Waals surface area (Å²) in [7, 11) is 1.33. The van der Waals surface area contributed by atoms with Gasteiger partial charge in [0.05, 0.1) is 13.0 Å². The predicted molar refractivity (Wildman–Crippen MR) is 72.6 cm³/mol. The maximum atomic E-state index is 12.3. The molecule has 2 N–H and O–H groups in total. The van der Waals surface area contributed by atoms with Crippen molar-refractivity contribution in [2.45, 2.75) is 31.2 Å². The molecule has 0 saturated heterocycles. The highest BCUT2D eigenvalue weighted by Gasteiger charge is 2.57. The van der Waals surface area contributed by atoms with Crippen LogP contribution in [0.1, 0.15) is 25.7 Å². The Morgan fingerprint density at radius 1 is 1.50 bits per heavy atom. The van der Waals surface area contributed by atoms with Crippen LogP contribution in [0.3, 0.4) is 0 Å². The Morgan fingerprint density at radius 3 is 2.75 bits per heavy atom. The zero-order valence-electron chi connectivity index (χ0n) is 11.7. The average Bonchev–Trinajstić information content (AvgIpc) is 2.45. The fourth-order valence-corrected chi connectivity index (χ4v) is 3.94. The van der Waals surface area contributed by atoms with Gasteiger partial charge < -0.3 is 15.3 Å². The number of carbonyl (C=O) groups is 3. The molecule has 0 aliphatic heterocycles. The second-order valence-electron chi connectivity index (χ2n) is 5.82. The summed E-state index contributed by atoms with van der Waals surface area (Å²) in [4.78, 5) is 35.5. The lowest BCUT2D eigenvalue weighted by Crippen LogP contribution is -2.65. The van der Waals surface area contributed by atoms with E-state index in [1.165, 1.54) is 7.11 Å². The molecule has 5 nitrogen and oxygen atoms in total. The Kier molecular flexibility index (Phi) is 4.09. The molecule has 2 fully saturated rings. The maximum Gasteiger partial charge on any atom is 0.310 e. The predicted octanol–water partition coefficient (Wildman–Crippen LogP) is 0.863. The number of allylic oxidation sites excluding steroid dienone is 1. The van der Waals surface area contributed by atoms with Crippen LogP contribution in [0, 0.1) is 23.7 Å². The van der Waals surface area contributed by atoms with Crippen LogP contribution < -0.4 is 5.73 Å². The van der Waals surface area contributed by atoms with E-state index in [9.17, 15) is 14.4 Å². The number of ketones is 1. The Bertz CT molecular complexity index is 447. The Balaban J connectivity index is 2.41. The standard InChI is InChI=1S/C15H21NO4/c1-3-10-9(8-17)6-7-15(16)11(14(19)20-2)4-5-12(18)13(10)15/h3,8-11,13H,1,4-7,16H2,2H3/t9-,10-,11-,13-,15+/m0/s1. The zero-order chi connectivity index (χ0) is 14.9. The molecule has 0 amide bonds.